The number of nitrogens with two attached hydrogens (primary N) is 1. The van der Waals surface area contributed by atoms with Crippen LogP contribution in [-0.4, -0.2) is 43.8 Å². The minimum absolute atomic E-state index is 0.515. The zero-order chi connectivity index (χ0) is 12.4. The monoisotopic (exact) mass is 230 g/mol. The Morgan fingerprint density at radius 1 is 1.25 bits per heavy atom. The molecule has 0 amide bonds. The Kier molecular flexibility index (Phi) is 9.99. The van der Waals surface area contributed by atoms with Crippen molar-refractivity contribution in [1.82, 2.24) is 4.90 Å². The Morgan fingerprint density at radius 2 is 1.94 bits per heavy atom. The largest absolute Gasteiger partial charge is 0.383 e. The maximum absolute atomic E-state index is 5.88. The van der Waals surface area contributed by atoms with Crippen molar-refractivity contribution in [2.24, 2.45) is 5.73 Å². The van der Waals surface area contributed by atoms with Crippen molar-refractivity contribution in [1.29, 1.82) is 0 Å². The first-order valence-corrected chi connectivity index (χ1v) is 6.62. The molecule has 3 heteroatoms. The van der Waals surface area contributed by atoms with Crippen molar-refractivity contribution >= 4 is 0 Å². The molecule has 0 saturated carbocycles. The molecule has 16 heavy (non-hydrogen) atoms. The fourth-order valence-corrected chi connectivity index (χ4v) is 2.11. The van der Waals surface area contributed by atoms with Crippen molar-refractivity contribution in [3.63, 3.8) is 0 Å². The lowest BCUT2D eigenvalue weighted by atomic mass is 10.1. The van der Waals surface area contributed by atoms with Crippen LogP contribution < -0.4 is 5.73 Å². The molecule has 0 bridgehead atoms. The highest BCUT2D eigenvalue weighted by molar-refractivity contribution is 4.75. The van der Waals surface area contributed by atoms with E-state index in [1.54, 1.807) is 7.11 Å². The van der Waals surface area contributed by atoms with Crippen LogP contribution in [0, 0.1) is 0 Å². The molecule has 0 aromatic carbocycles. The summed E-state index contributed by atoms with van der Waals surface area (Å²) in [5.74, 6) is 0. The summed E-state index contributed by atoms with van der Waals surface area (Å²) in [6.07, 6.45) is 5.09. The summed E-state index contributed by atoms with van der Waals surface area (Å²) in [6.45, 7) is 9.25. The van der Waals surface area contributed by atoms with Gasteiger partial charge in [-0.2, -0.15) is 0 Å². The van der Waals surface area contributed by atoms with Gasteiger partial charge in [0.1, 0.15) is 0 Å². The van der Waals surface area contributed by atoms with Gasteiger partial charge in [-0.15, -0.1) is 0 Å². The van der Waals surface area contributed by atoms with Crippen LogP contribution in [0.5, 0.6) is 0 Å². The first kappa shape index (κ1) is 15.9. The molecular weight excluding hydrogens is 200 g/mol. The molecule has 0 spiro atoms. The number of nitrogens with zero attached hydrogens (tertiary/aromatic N) is 1. The highest BCUT2D eigenvalue weighted by atomic mass is 16.5. The van der Waals surface area contributed by atoms with Crippen LogP contribution in [-0.2, 0) is 4.74 Å². The number of methoxy groups -OCH3 is 1. The summed E-state index contributed by atoms with van der Waals surface area (Å²) < 4.78 is 5.16. The summed E-state index contributed by atoms with van der Waals surface area (Å²) in [6, 6.07) is 1.06. The quantitative estimate of drug-likeness (QED) is 0.585. The molecule has 0 aliphatic heterocycles. The third-order valence-corrected chi connectivity index (χ3v) is 3.10. The predicted octanol–water partition coefficient (Wildman–Crippen LogP) is 2.25. The van der Waals surface area contributed by atoms with E-state index in [-0.39, 0.29) is 0 Å². The van der Waals surface area contributed by atoms with Crippen LogP contribution in [0.15, 0.2) is 0 Å². The topological polar surface area (TPSA) is 38.5 Å². The lowest BCUT2D eigenvalue weighted by Crippen LogP contribution is -2.46. The molecule has 0 aromatic rings. The molecular formula is C13H30N2O. The average Bonchev–Trinajstić information content (AvgIpc) is 2.26. The highest BCUT2D eigenvalue weighted by Crippen LogP contribution is 2.12. The van der Waals surface area contributed by atoms with Gasteiger partial charge in [-0.1, -0.05) is 26.2 Å². The minimum atomic E-state index is 0.515. The van der Waals surface area contributed by atoms with E-state index < -0.39 is 0 Å². The molecule has 3 nitrogen and oxygen atoms in total. The van der Waals surface area contributed by atoms with Gasteiger partial charge in [0.25, 0.3) is 0 Å². The van der Waals surface area contributed by atoms with Crippen molar-refractivity contribution in [2.45, 2.75) is 58.5 Å². The van der Waals surface area contributed by atoms with E-state index in [9.17, 15) is 0 Å². The second-order valence-corrected chi connectivity index (χ2v) is 4.71. The zero-order valence-electron chi connectivity index (χ0n) is 11.5. The van der Waals surface area contributed by atoms with E-state index in [4.69, 9.17) is 10.5 Å². The first-order chi connectivity index (χ1) is 7.67. The molecule has 0 radical (unpaired) electrons. The third kappa shape index (κ3) is 6.46. The SMILES string of the molecule is CCCCCC(CN)N(CCOC)C(C)C. The van der Waals surface area contributed by atoms with Crippen LogP contribution >= 0.6 is 0 Å². The van der Waals surface area contributed by atoms with Gasteiger partial charge in [0, 0.05) is 32.3 Å². The second kappa shape index (κ2) is 10.1. The second-order valence-electron chi connectivity index (χ2n) is 4.71. The Bertz CT molecular complexity index is 151. The van der Waals surface area contributed by atoms with Gasteiger partial charge >= 0.3 is 0 Å². The Labute approximate surface area is 101 Å². The number of hydrogen-bond acceptors (Lipinski definition) is 3. The van der Waals surface area contributed by atoms with E-state index in [2.05, 4.69) is 25.7 Å². The Hall–Kier alpha value is -0.120. The van der Waals surface area contributed by atoms with Crippen molar-refractivity contribution in [3.8, 4) is 0 Å². The molecule has 0 fully saturated rings. The first-order valence-electron chi connectivity index (χ1n) is 6.62. The summed E-state index contributed by atoms with van der Waals surface area (Å²) in [5.41, 5.74) is 5.88. The summed E-state index contributed by atoms with van der Waals surface area (Å²) in [4.78, 5) is 2.47. The van der Waals surface area contributed by atoms with E-state index in [1.807, 2.05) is 0 Å². The molecule has 0 aliphatic carbocycles. The van der Waals surface area contributed by atoms with Crippen LogP contribution in [0.3, 0.4) is 0 Å². The molecule has 0 aromatic heterocycles. The van der Waals surface area contributed by atoms with Crippen LogP contribution in [0.4, 0.5) is 0 Å². The molecule has 0 saturated heterocycles. The molecule has 0 aliphatic rings. The fourth-order valence-electron chi connectivity index (χ4n) is 2.11. The van der Waals surface area contributed by atoms with Gasteiger partial charge < -0.3 is 10.5 Å². The van der Waals surface area contributed by atoms with E-state index in [0.717, 1.165) is 19.7 Å². The van der Waals surface area contributed by atoms with Crippen LogP contribution in [0.1, 0.15) is 46.5 Å². The molecule has 0 heterocycles. The van der Waals surface area contributed by atoms with Gasteiger partial charge in [0.15, 0.2) is 0 Å². The lowest BCUT2D eigenvalue weighted by molar-refractivity contribution is 0.0933. The third-order valence-electron chi connectivity index (χ3n) is 3.10. The van der Waals surface area contributed by atoms with Crippen molar-refractivity contribution in [2.75, 3.05) is 26.8 Å². The smallest absolute Gasteiger partial charge is 0.0589 e. The zero-order valence-corrected chi connectivity index (χ0v) is 11.5. The van der Waals surface area contributed by atoms with Crippen molar-refractivity contribution < 1.29 is 4.74 Å². The molecule has 1 atom stereocenters. The lowest BCUT2D eigenvalue weighted by Gasteiger charge is -2.34. The van der Waals surface area contributed by atoms with Gasteiger partial charge in [0.2, 0.25) is 0 Å². The number of ether oxygens (including phenoxy) is 1. The van der Waals surface area contributed by atoms with Gasteiger partial charge in [-0.05, 0) is 20.3 Å². The number of rotatable bonds is 10. The van der Waals surface area contributed by atoms with E-state index in [0.29, 0.717) is 12.1 Å². The number of hydrogen-bond donors (Lipinski definition) is 1. The average molecular weight is 230 g/mol. The molecule has 2 N–H and O–H groups in total. The van der Waals surface area contributed by atoms with Gasteiger partial charge in [-0.25, -0.2) is 0 Å². The van der Waals surface area contributed by atoms with Gasteiger partial charge in [0.05, 0.1) is 6.61 Å². The standard InChI is InChI=1S/C13H30N2O/c1-5-6-7-8-13(11-14)15(12(2)3)9-10-16-4/h12-13H,5-11,14H2,1-4H3. The summed E-state index contributed by atoms with van der Waals surface area (Å²) >= 11 is 0. The van der Waals surface area contributed by atoms with Gasteiger partial charge in [-0.3, -0.25) is 4.90 Å². The highest BCUT2D eigenvalue weighted by Gasteiger charge is 2.18. The van der Waals surface area contributed by atoms with E-state index in [1.165, 1.54) is 25.7 Å². The van der Waals surface area contributed by atoms with Crippen LogP contribution in [0.25, 0.3) is 0 Å². The normalized spacial score (nSPS) is 13.7. The maximum Gasteiger partial charge on any atom is 0.0589 e. The Balaban J connectivity index is 4.11. The fraction of sp³-hybridized carbons (Fsp3) is 1.00. The van der Waals surface area contributed by atoms with Crippen molar-refractivity contribution in [3.05, 3.63) is 0 Å². The number of unbranched alkanes of at least 4 members (excludes halogenated alkanes) is 2. The molecule has 1 unspecified atom stereocenters. The Morgan fingerprint density at radius 3 is 2.38 bits per heavy atom. The minimum Gasteiger partial charge on any atom is -0.383 e. The summed E-state index contributed by atoms with van der Waals surface area (Å²) in [5, 5.41) is 0. The van der Waals surface area contributed by atoms with E-state index >= 15 is 0 Å². The molecule has 0 rings (SSSR count). The van der Waals surface area contributed by atoms with Crippen LogP contribution in [0.2, 0.25) is 0 Å². The predicted molar refractivity (Wildman–Crippen MR) is 70.7 cm³/mol. The molecule has 98 valence electrons. The summed E-state index contributed by atoms with van der Waals surface area (Å²) in [7, 11) is 1.76. The maximum atomic E-state index is 5.88.